The minimum absolute atomic E-state index is 0.0174. The van der Waals surface area contributed by atoms with Crippen molar-refractivity contribution in [2.75, 3.05) is 0 Å². The molecule has 0 radical (unpaired) electrons. The molecule has 0 saturated heterocycles. The molecular weight excluding hydrogens is 160 g/mol. The van der Waals surface area contributed by atoms with Crippen molar-refractivity contribution in [1.82, 2.24) is 0 Å². The zero-order valence-corrected chi connectivity index (χ0v) is 8.97. The van der Waals surface area contributed by atoms with Gasteiger partial charge in [0.05, 0.1) is 0 Å². The summed E-state index contributed by atoms with van der Waals surface area (Å²) in [5.41, 5.74) is 0.159. The lowest BCUT2D eigenvalue weighted by atomic mass is 9.57. The van der Waals surface area contributed by atoms with Crippen LogP contribution in [0.1, 0.15) is 40.0 Å². The van der Waals surface area contributed by atoms with E-state index in [4.69, 9.17) is 0 Å². The molecule has 1 aliphatic carbocycles. The van der Waals surface area contributed by atoms with Crippen molar-refractivity contribution in [3.8, 4) is 0 Å². The molecular formula is C12H20O. The molecule has 0 bridgehead atoms. The van der Waals surface area contributed by atoms with Crippen molar-refractivity contribution in [3.05, 3.63) is 12.7 Å². The van der Waals surface area contributed by atoms with Gasteiger partial charge in [0.25, 0.3) is 0 Å². The summed E-state index contributed by atoms with van der Waals surface area (Å²) in [7, 11) is 0. The minimum Gasteiger partial charge on any atom is -0.303 e. The quantitative estimate of drug-likeness (QED) is 0.471. The summed E-state index contributed by atoms with van der Waals surface area (Å²) in [4.78, 5) is 11.1. The van der Waals surface area contributed by atoms with E-state index in [0.29, 0.717) is 0 Å². The second-order valence-electron chi connectivity index (χ2n) is 5.17. The number of allylic oxidation sites excluding steroid dienone is 1. The van der Waals surface area contributed by atoms with Gasteiger partial charge in [0.1, 0.15) is 6.29 Å². The minimum atomic E-state index is 0.0174. The maximum Gasteiger partial charge on any atom is 0.124 e. The monoisotopic (exact) mass is 180 g/mol. The molecule has 1 aliphatic rings. The molecule has 74 valence electrons. The number of carbonyl (C=O) groups excluding carboxylic acids is 1. The zero-order valence-electron chi connectivity index (χ0n) is 8.97. The van der Waals surface area contributed by atoms with Gasteiger partial charge >= 0.3 is 0 Å². The van der Waals surface area contributed by atoms with E-state index < -0.39 is 0 Å². The lowest BCUT2D eigenvalue weighted by molar-refractivity contribution is -0.120. The van der Waals surface area contributed by atoms with Crippen LogP contribution < -0.4 is 0 Å². The first-order chi connectivity index (χ1) is 5.96. The standard InChI is InChI=1S/C12H20O/c1-5-12(4)8-6-7-11(2,3)10(12)9-13/h5,9-10H,1,6-8H2,2-4H3/t10-,12-/m1/s1. The Kier molecular flexibility index (Phi) is 2.65. The Morgan fingerprint density at radius 1 is 1.31 bits per heavy atom. The Balaban J connectivity index is 2.99. The lowest BCUT2D eigenvalue weighted by Gasteiger charge is -2.46. The molecule has 0 aromatic heterocycles. The van der Waals surface area contributed by atoms with Gasteiger partial charge in [-0.15, -0.1) is 6.58 Å². The van der Waals surface area contributed by atoms with Crippen LogP contribution in [0.2, 0.25) is 0 Å². The van der Waals surface area contributed by atoms with Crippen LogP contribution in [0.25, 0.3) is 0 Å². The summed E-state index contributed by atoms with van der Waals surface area (Å²) in [5.74, 6) is 0.131. The first kappa shape index (κ1) is 10.5. The fourth-order valence-electron chi connectivity index (χ4n) is 2.70. The van der Waals surface area contributed by atoms with E-state index in [1.807, 2.05) is 6.08 Å². The second-order valence-corrected chi connectivity index (χ2v) is 5.17. The van der Waals surface area contributed by atoms with Crippen LogP contribution in [0.15, 0.2) is 12.7 Å². The van der Waals surface area contributed by atoms with Crippen molar-refractivity contribution < 1.29 is 4.79 Å². The fourth-order valence-corrected chi connectivity index (χ4v) is 2.70. The van der Waals surface area contributed by atoms with E-state index in [0.717, 1.165) is 19.1 Å². The van der Waals surface area contributed by atoms with Gasteiger partial charge in [0.15, 0.2) is 0 Å². The molecule has 13 heavy (non-hydrogen) atoms. The molecule has 1 saturated carbocycles. The lowest BCUT2D eigenvalue weighted by Crippen LogP contribution is -2.41. The summed E-state index contributed by atoms with van der Waals surface area (Å²) in [6.07, 6.45) is 6.55. The number of hydrogen-bond donors (Lipinski definition) is 0. The molecule has 0 spiro atoms. The molecule has 1 heteroatoms. The smallest absolute Gasteiger partial charge is 0.124 e. The highest BCUT2D eigenvalue weighted by molar-refractivity contribution is 5.57. The Labute approximate surface area is 81.2 Å². The molecule has 1 rings (SSSR count). The van der Waals surface area contributed by atoms with Gasteiger partial charge in [-0.2, -0.15) is 0 Å². The van der Waals surface area contributed by atoms with Crippen LogP contribution in [-0.4, -0.2) is 6.29 Å². The van der Waals surface area contributed by atoms with Crippen LogP contribution in [0, 0.1) is 16.7 Å². The van der Waals surface area contributed by atoms with Crippen molar-refractivity contribution in [3.63, 3.8) is 0 Å². The van der Waals surface area contributed by atoms with Crippen LogP contribution in [0.5, 0.6) is 0 Å². The Morgan fingerprint density at radius 3 is 2.31 bits per heavy atom. The number of aldehydes is 1. The molecule has 0 N–H and O–H groups in total. The third-order valence-electron chi connectivity index (χ3n) is 3.69. The summed E-state index contributed by atoms with van der Waals surface area (Å²) in [5, 5.41) is 0. The van der Waals surface area contributed by atoms with E-state index >= 15 is 0 Å². The maximum absolute atomic E-state index is 11.1. The third-order valence-corrected chi connectivity index (χ3v) is 3.69. The van der Waals surface area contributed by atoms with Crippen molar-refractivity contribution in [2.45, 2.75) is 40.0 Å². The Bertz CT molecular complexity index is 217. The molecule has 0 aromatic carbocycles. The van der Waals surface area contributed by atoms with Gasteiger partial charge in [-0.05, 0) is 23.7 Å². The highest BCUT2D eigenvalue weighted by atomic mass is 16.1. The largest absolute Gasteiger partial charge is 0.303 e. The first-order valence-electron chi connectivity index (χ1n) is 5.05. The maximum atomic E-state index is 11.1. The molecule has 0 aromatic rings. The summed E-state index contributed by atoms with van der Waals surface area (Å²) < 4.78 is 0. The molecule has 1 nitrogen and oxygen atoms in total. The van der Waals surface area contributed by atoms with E-state index in [-0.39, 0.29) is 16.7 Å². The third kappa shape index (κ3) is 1.70. The normalized spacial score (nSPS) is 38.2. The van der Waals surface area contributed by atoms with Crippen LogP contribution in [-0.2, 0) is 4.79 Å². The fraction of sp³-hybridized carbons (Fsp3) is 0.750. The van der Waals surface area contributed by atoms with Gasteiger partial charge in [0, 0.05) is 5.92 Å². The molecule has 0 heterocycles. The van der Waals surface area contributed by atoms with E-state index in [1.165, 1.54) is 6.42 Å². The Morgan fingerprint density at radius 2 is 1.92 bits per heavy atom. The van der Waals surface area contributed by atoms with Gasteiger partial charge in [0.2, 0.25) is 0 Å². The van der Waals surface area contributed by atoms with Gasteiger partial charge < -0.3 is 4.79 Å². The summed E-state index contributed by atoms with van der Waals surface area (Å²) in [6.45, 7) is 10.4. The average molecular weight is 180 g/mol. The molecule has 0 amide bonds. The van der Waals surface area contributed by atoms with Gasteiger partial charge in [-0.1, -0.05) is 33.3 Å². The van der Waals surface area contributed by atoms with Crippen molar-refractivity contribution in [1.29, 1.82) is 0 Å². The Hall–Kier alpha value is -0.590. The topological polar surface area (TPSA) is 17.1 Å². The van der Waals surface area contributed by atoms with Crippen molar-refractivity contribution >= 4 is 6.29 Å². The van der Waals surface area contributed by atoms with E-state index in [1.54, 1.807) is 0 Å². The first-order valence-corrected chi connectivity index (χ1v) is 5.05. The molecule has 2 atom stereocenters. The molecule has 0 unspecified atom stereocenters. The van der Waals surface area contributed by atoms with E-state index in [9.17, 15) is 4.79 Å². The highest BCUT2D eigenvalue weighted by Gasteiger charge is 2.44. The predicted molar refractivity (Wildman–Crippen MR) is 55.5 cm³/mol. The second kappa shape index (κ2) is 3.28. The van der Waals surface area contributed by atoms with E-state index in [2.05, 4.69) is 27.4 Å². The summed E-state index contributed by atoms with van der Waals surface area (Å²) in [6, 6.07) is 0. The van der Waals surface area contributed by atoms with Gasteiger partial charge in [-0.25, -0.2) is 0 Å². The molecule has 0 aliphatic heterocycles. The van der Waals surface area contributed by atoms with Gasteiger partial charge in [-0.3, -0.25) is 0 Å². The van der Waals surface area contributed by atoms with Crippen molar-refractivity contribution in [2.24, 2.45) is 16.7 Å². The average Bonchev–Trinajstić information content (AvgIpc) is 2.03. The number of rotatable bonds is 2. The molecule has 1 fully saturated rings. The van der Waals surface area contributed by atoms with Crippen LogP contribution in [0.3, 0.4) is 0 Å². The highest BCUT2D eigenvalue weighted by Crippen LogP contribution is 2.50. The summed E-state index contributed by atoms with van der Waals surface area (Å²) >= 11 is 0. The number of hydrogen-bond acceptors (Lipinski definition) is 1. The predicted octanol–water partition coefficient (Wildman–Crippen LogP) is 3.20. The SMILES string of the molecule is C=C[C@]1(C)CCCC(C)(C)[C@H]1C=O. The van der Waals surface area contributed by atoms with Crippen LogP contribution in [0.4, 0.5) is 0 Å². The van der Waals surface area contributed by atoms with Crippen LogP contribution >= 0.6 is 0 Å². The zero-order chi connectivity index (χ0) is 10.1. The number of carbonyl (C=O) groups is 1.